The van der Waals surface area contributed by atoms with Crippen molar-refractivity contribution >= 4 is 11.8 Å². The first-order valence-corrected chi connectivity index (χ1v) is 7.23. The number of nitrogens with one attached hydrogen (secondary N) is 1. The average Bonchev–Trinajstić information content (AvgIpc) is 2.80. The molecular formula is C14H19N3OS. The van der Waals surface area contributed by atoms with Gasteiger partial charge in [0.05, 0.1) is 12.8 Å². The topological polar surface area (TPSA) is 51.0 Å². The van der Waals surface area contributed by atoms with Crippen molar-refractivity contribution in [1.29, 1.82) is 0 Å². The molecule has 2 aromatic rings. The zero-order valence-electron chi connectivity index (χ0n) is 11.5. The molecule has 5 heteroatoms. The highest BCUT2D eigenvalue weighted by atomic mass is 32.2. The van der Waals surface area contributed by atoms with Crippen molar-refractivity contribution < 1.29 is 4.42 Å². The van der Waals surface area contributed by atoms with Crippen LogP contribution in [0.4, 0.5) is 0 Å². The summed E-state index contributed by atoms with van der Waals surface area (Å²) in [4.78, 5) is 8.88. The molecule has 1 N–H and O–H groups in total. The Hall–Kier alpha value is -1.33. The summed E-state index contributed by atoms with van der Waals surface area (Å²) in [6.45, 7) is 7.81. The van der Waals surface area contributed by atoms with Gasteiger partial charge in [-0.05, 0) is 32.0 Å². The molecule has 0 spiro atoms. The van der Waals surface area contributed by atoms with Crippen LogP contribution < -0.4 is 5.32 Å². The van der Waals surface area contributed by atoms with E-state index < -0.39 is 0 Å². The second-order valence-corrected chi connectivity index (χ2v) is 5.98. The first-order chi connectivity index (χ1) is 9.13. The summed E-state index contributed by atoms with van der Waals surface area (Å²) in [5.74, 6) is 0.958. The Bertz CT molecular complexity index is 493. The van der Waals surface area contributed by atoms with E-state index in [1.807, 2.05) is 32.0 Å². The predicted molar refractivity (Wildman–Crippen MR) is 77.2 cm³/mol. The summed E-state index contributed by atoms with van der Waals surface area (Å²) >= 11 is 1.69. The average molecular weight is 277 g/mol. The predicted octanol–water partition coefficient (Wildman–Crippen LogP) is 2.96. The Labute approximate surface area is 118 Å². The maximum Gasteiger partial charge on any atom is 0.188 e. The minimum absolute atomic E-state index is 0.413. The zero-order chi connectivity index (χ0) is 13.7. The van der Waals surface area contributed by atoms with Crippen LogP contribution in [0.25, 0.3) is 0 Å². The fourth-order valence-electron chi connectivity index (χ4n) is 1.78. The number of aryl methyl sites for hydroxylation is 2. The van der Waals surface area contributed by atoms with Gasteiger partial charge in [-0.1, -0.05) is 18.7 Å². The molecule has 0 radical (unpaired) electrons. The van der Waals surface area contributed by atoms with E-state index in [0.717, 1.165) is 35.4 Å². The molecule has 0 bridgehead atoms. The molecule has 2 aromatic heterocycles. The Morgan fingerprint density at radius 1 is 1.32 bits per heavy atom. The monoisotopic (exact) mass is 277 g/mol. The third-order valence-electron chi connectivity index (χ3n) is 2.58. The maximum absolute atomic E-state index is 5.27. The van der Waals surface area contributed by atoms with Crippen LogP contribution >= 0.6 is 11.8 Å². The Morgan fingerprint density at radius 3 is 2.68 bits per heavy atom. The molecule has 19 heavy (non-hydrogen) atoms. The van der Waals surface area contributed by atoms with Crippen molar-refractivity contribution in [3.05, 3.63) is 41.6 Å². The van der Waals surface area contributed by atoms with Crippen LogP contribution in [0.5, 0.6) is 0 Å². The first kappa shape index (κ1) is 14.1. The molecule has 102 valence electrons. The fourth-order valence-corrected chi connectivity index (χ4v) is 2.73. The highest BCUT2D eigenvalue weighted by molar-refractivity contribution is 7.99. The largest absolute Gasteiger partial charge is 0.468 e. The molecule has 0 amide bonds. The van der Waals surface area contributed by atoms with Gasteiger partial charge >= 0.3 is 0 Å². The van der Waals surface area contributed by atoms with Crippen LogP contribution in [0.1, 0.15) is 24.1 Å². The summed E-state index contributed by atoms with van der Waals surface area (Å²) in [7, 11) is 0. The van der Waals surface area contributed by atoms with E-state index in [9.17, 15) is 0 Å². The molecule has 2 heterocycles. The molecule has 0 saturated carbocycles. The van der Waals surface area contributed by atoms with E-state index in [-0.39, 0.29) is 0 Å². The standard InChI is InChI=1S/C14H19N3OS/c1-10-7-11(2)17-14(16-10)19-12(3)8-15-9-13-5-4-6-18-13/h4-7,12,15H,8-9H2,1-3H3. The second kappa shape index (κ2) is 6.73. The van der Waals surface area contributed by atoms with Gasteiger partial charge < -0.3 is 9.73 Å². The molecule has 0 saturated heterocycles. The first-order valence-electron chi connectivity index (χ1n) is 6.35. The van der Waals surface area contributed by atoms with Gasteiger partial charge in [0.25, 0.3) is 0 Å². The molecule has 0 aliphatic heterocycles. The second-order valence-electron chi connectivity index (χ2n) is 4.57. The number of rotatable bonds is 6. The van der Waals surface area contributed by atoms with Crippen LogP contribution in [0.3, 0.4) is 0 Å². The number of nitrogens with zero attached hydrogens (tertiary/aromatic N) is 2. The van der Waals surface area contributed by atoms with Crippen molar-refractivity contribution in [1.82, 2.24) is 15.3 Å². The van der Waals surface area contributed by atoms with Gasteiger partial charge in [-0.3, -0.25) is 0 Å². The Kier molecular flexibility index (Phi) is 4.99. The smallest absolute Gasteiger partial charge is 0.188 e. The minimum atomic E-state index is 0.413. The van der Waals surface area contributed by atoms with Gasteiger partial charge in [-0.25, -0.2) is 9.97 Å². The van der Waals surface area contributed by atoms with Gasteiger partial charge in [-0.2, -0.15) is 0 Å². The number of thioether (sulfide) groups is 1. The number of aromatic nitrogens is 2. The van der Waals surface area contributed by atoms with Gasteiger partial charge in [0.2, 0.25) is 0 Å². The van der Waals surface area contributed by atoms with Crippen LogP contribution in [0.2, 0.25) is 0 Å². The van der Waals surface area contributed by atoms with E-state index >= 15 is 0 Å². The van der Waals surface area contributed by atoms with Crippen molar-refractivity contribution in [3.8, 4) is 0 Å². The molecule has 1 unspecified atom stereocenters. The van der Waals surface area contributed by atoms with Crippen LogP contribution in [-0.2, 0) is 6.54 Å². The summed E-state index contributed by atoms with van der Waals surface area (Å²) in [5.41, 5.74) is 2.04. The lowest BCUT2D eigenvalue weighted by Crippen LogP contribution is -2.22. The van der Waals surface area contributed by atoms with Crippen LogP contribution in [-0.4, -0.2) is 21.8 Å². The van der Waals surface area contributed by atoms with E-state index in [0.29, 0.717) is 5.25 Å². The van der Waals surface area contributed by atoms with E-state index in [1.165, 1.54) is 0 Å². The van der Waals surface area contributed by atoms with E-state index in [2.05, 4.69) is 22.2 Å². The Morgan fingerprint density at radius 2 is 2.05 bits per heavy atom. The third kappa shape index (κ3) is 4.69. The number of furan rings is 1. The number of hydrogen-bond donors (Lipinski definition) is 1. The van der Waals surface area contributed by atoms with Crippen molar-refractivity contribution in [2.45, 2.75) is 37.7 Å². The summed E-state index contributed by atoms with van der Waals surface area (Å²) in [6.07, 6.45) is 1.69. The molecule has 0 fully saturated rings. The van der Waals surface area contributed by atoms with E-state index in [1.54, 1.807) is 18.0 Å². The number of hydrogen-bond acceptors (Lipinski definition) is 5. The third-order valence-corrected chi connectivity index (χ3v) is 3.54. The van der Waals surface area contributed by atoms with Crippen LogP contribution in [0, 0.1) is 13.8 Å². The summed E-state index contributed by atoms with van der Waals surface area (Å²) in [5, 5.41) is 4.63. The van der Waals surface area contributed by atoms with E-state index in [4.69, 9.17) is 4.42 Å². The van der Waals surface area contributed by atoms with Crippen molar-refractivity contribution in [2.75, 3.05) is 6.54 Å². The minimum Gasteiger partial charge on any atom is -0.468 e. The lowest BCUT2D eigenvalue weighted by Gasteiger charge is -2.11. The van der Waals surface area contributed by atoms with Gasteiger partial charge in [-0.15, -0.1) is 0 Å². The lowest BCUT2D eigenvalue weighted by molar-refractivity contribution is 0.484. The normalized spacial score (nSPS) is 12.6. The van der Waals surface area contributed by atoms with Gasteiger partial charge in [0, 0.05) is 23.2 Å². The molecular weight excluding hydrogens is 258 g/mol. The molecule has 1 atom stereocenters. The molecule has 4 nitrogen and oxygen atoms in total. The zero-order valence-corrected chi connectivity index (χ0v) is 12.3. The molecule has 2 rings (SSSR count). The highest BCUT2D eigenvalue weighted by Gasteiger charge is 2.08. The van der Waals surface area contributed by atoms with Gasteiger partial charge in [0.15, 0.2) is 5.16 Å². The summed E-state index contributed by atoms with van der Waals surface area (Å²) < 4.78 is 5.27. The van der Waals surface area contributed by atoms with Crippen LogP contribution in [0.15, 0.2) is 34.0 Å². The summed E-state index contributed by atoms with van der Waals surface area (Å²) in [6, 6.07) is 5.86. The molecule has 0 aliphatic rings. The lowest BCUT2D eigenvalue weighted by atomic mass is 10.4. The molecule has 0 aromatic carbocycles. The highest BCUT2D eigenvalue weighted by Crippen LogP contribution is 2.19. The van der Waals surface area contributed by atoms with Crippen molar-refractivity contribution in [3.63, 3.8) is 0 Å². The fraction of sp³-hybridized carbons (Fsp3) is 0.429. The SMILES string of the molecule is Cc1cc(C)nc(SC(C)CNCc2ccco2)n1. The van der Waals surface area contributed by atoms with Gasteiger partial charge in [0.1, 0.15) is 5.76 Å². The maximum atomic E-state index is 5.27. The Balaban J connectivity index is 1.78. The van der Waals surface area contributed by atoms with Crippen molar-refractivity contribution in [2.24, 2.45) is 0 Å². The molecule has 0 aliphatic carbocycles. The quantitative estimate of drug-likeness (QED) is 0.650.